The normalized spacial score (nSPS) is 23.7. The van der Waals surface area contributed by atoms with Crippen molar-refractivity contribution < 1.29 is 23.3 Å². The minimum Gasteiger partial charge on any atom is -0.443 e. The third-order valence-electron chi connectivity index (χ3n) is 8.36. The minimum absolute atomic E-state index is 0.134. The van der Waals surface area contributed by atoms with Crippen LogP contribution < -0.4 is 10.4 Å². The zero-order valence-corrected chi connectivity index (χ0v) is 25.8. The lowest BCUT2D eigenvalue weighted by molar-refractivity contribution is 0.00578. The van der Waals surface area contributed by atoms with Crippen LogP contribution in [0.5, 0.6) is 0 Å². The molecule has 0 bridgehead atoms. The molecule has 1 amide bonds. The molecule has 3 rings (SSSR count). The van der Waals surface area contributed by atoms with Crippen LogP contribution in [0, 0.1) is 0 Å². The summed E-state index contributed by atoms with van der Waals surface area (Å²) in [6, 6.07) is 2.10. The minimum atomic E-state index is -1.90. The summed E-state index contributed by atoms with van der Waals surface area (Å²) in [5.41, 5.74) is 0.0272. The van der Waals surface area contributed by atoms with Crippen LogP contribution in [0.15, 0.2) is 12.3 Å². The summed E-state index contributed by atoms with van der Waals surface area (Å²) < 4.78 is 24.9. The Bertz CT molecular complexity index is 983. The average molecular weight is 519 g/mol. The second-order valence-electron chi connectivity index (χ2n) is 14.2. The third kappa shape index (κ3) is 5.69. The van der Waals surface area contributed by atoms with E-state index in [1.807, 2.05) is 48.5 Å². The van der Waals surface area contributed by atoms with Gasteiger partial charge >= 0.3 is 13.2 Å². The van der Waals surface area contributed by atoms with Gasteiger partial charge in [0.2, 0.25) is 0 Å². The molecule has 1 atom stereocenters. The largest absolute Gasteiger partial charge is 0.496 e. The van der Waals surface area contributed by atoms with Crippen molar-refractivity contribution >= 4 is 32.8 Å². The number of pyridine rings is 1. The average Bonchev–Trinajstić information content (AvgIpc) is 3.09. The Morgan fingerprint density at radius 3 is 2.14 bits per heavy atom. The van der Waals surface area contributed by atoms with Crippen molar-refractivity contribution in [2.45, 2.75) is 123 Å². The van der Waals surface area contributed by atoms with E-state index >= 15 is 0 Å². The molecule has 1 unspecified atom stereocenters. The number of ether oxygens (including phenoxy) is 1. The first-order chi connectivity index (χ1) is 16.1. The van der Waals surface area contributed by atoms with Crippen LogP contribution >= 0.6 is 0 Å². The van der Waals surface area contributed by atoms with Crippen molar-refractivity contribution in [3.63, 3.8) is 0 Å². The Morgan fingerprint density at radius 2 is 1.64 bits per heavy atom. The summed E-state index contributed by atoms with van der Waals surface area (Å²) in [7, 11) is -2.41. The second-order valence-corrected chi connectivity index (χ2v) is 19.0. The fraction of sp³-hybridized carbons (Fsp3) is 0.778. The number of aromatic nitrogens is 1. The molecule has 0 radical (unpaired) electrons. The van der Waals surface area contributed by atoms with E-state index in [1.165, 1.54) is 0 Å². The maximum Gasteiger partial charge on any atom is 0.496 e. The van der Waals surface area contributed by atoms with Gasteiger partial charge in [0.1, 0.15) is 11.4 Å². The third-order valence-corrected chi connectivity index (χ3v) is 12.9. The van der Waals surface area contributed by atoms with Crippen molar-refractivity contribution in [2.75, 3.05) is 18.1 Å². The summed E-state index contributed by atoms with van der Waals surface area (Å²) in [5, 5.41) is 0.134. The predicted molar refractivity (Wildman–Crippen MR) is 149 cm³/mol. The number of hydrogen-bond acceptors (Lipinski definition) is 6. The van der Waals surface area contributed by atoms with Gasteiger partial charge in [0, 0.05) is 35.8 Å². The number of fused-ring (bicyclic) bond motifs is 1. The van der Waals surface area contributed by atoms with Crippen LogP contribution in [0.25, 0.3) is 0 Å². The van der Waals surface area contributed by atoms with Crippen molar-refractivity contribution in [1.29, 1.82) is 0 Å². The highest BCUT2D eigenvalue weighted by atomic mass is 28.4. The maximum atomic E-state index is 13.2. The molecule has 1 aromatic heterocycles. The molecular weight excluding hydrogens is 471 g/mol. The van der Waals surface area contributed by atoms with E-state index in [0.717, 1.165) is 17.4 Å². The quantitative estimate of drug-likeness (QED) is 0.459. The predicted octanol–water partition coefficient (Wildman–Crippen LogP) is 5.81. The SMILES string of the molecule is CC(C)(C)OC(=O)N1CC(C)(CCO[Si](C)(C)C(C)(C)C)c2cc(B3OC(C)(C)C(C)(C)O3)cnc21. The Balaban J connectivity index is 1.94. The number of nitrogens with zero attached hydrogens (tertiary/aromatic N) is 2. The van der Waals surface area contributed by atoms with E-state index in [1.54, 1.807) is 11.1 Å². The molecule has 0 aromatic carbocycles. The molecule has 2 aliphatic heterocycles. The van der Waals surface area contributed by atoms with Crippen LogP contribution in [0.4, 0.5) is 10.6 Å². The fourth-order valence-corrected chi connectivity index (χ4v) is 5.23. The molecule has 0 aliphatic carbocycles. The Hall–Kier alpha value is -1.42. The monoisotopic (exact) mass is 518 g/mol. The van der Waals surface area contributed by atoms with E-state index in [9.17, 15) is 4.79 Å². The van der Waals surface area contributed by atoms with Crippen molar-refractivity contribution in [1.82, 2.24) is 4.98 Å². The first-order valence-electron chi connectivity index (χ1n) is 13.1. The van der Waals surface area contributed by atoms with Crippen molar-refractivity contribution in [2.24, 2.45) is 0 Å². The number of rotatable bonds is 5. The molecule has 0 spiro atoms. The molecule has 9 heteroatoms. The zero-order valence-electron chi connectivity index (χ0n) is 24.8. The summed E-state index contributed by atoms with van der Waals surface area (Å²) in [6.07, 6.45) is 2.14. The lowest BCUT2D eigenvalue weighted by Crippen LogP contribution is -2.43. The molecule has 3 heterocycles. The molecule has 7 nitrogen and oxygen atoms in total. The number of carbonyl (C=O) groups excluding carboxylic acids is 1. The van der Waals surface area contributed by atoms with Gasteiger partial charge in [-0.1, -0.05) is 33.8 Å². The summed E-state index contributed by atoms with van der Waals surface area (Å²) in [5.74, 6) is 0.638. The summed E-state index contributed by atoms with van der Waals surface area (Å²) in [4.78, 5) is 19.6. The zero-order chi connectivity index (χ0) is 27.5. The van der Waals surface area contributed by atoms with Crippen molar-refractivity contribution in [3.8, 4) is 0 Å². The van der Waals surface area contributed by atoms with E-state index in [-0.39, 0.29) is 16.5 Å². The highest BCUT2D eigenvalue weighted by Gasteiger charge is 2.53. The van der Waals surface area contributed by atoms with Gasteiger partial charge in [-0.05, 0) is 73.0 Å². The Kier molecular flexibility index (Phi) is 7.37. The Labute approximate surface area is 219 Å². The molecule has 1 fully saturated rings. The molecule has 1 saturated heterocycles. The van der Waals surface area contributed by atoms with Gasteiger partial charge in [0.15, 0.2) is 8.32 Å². The van der Waals surface area contributed by atoms with E-state index < -0.39 is 32.2 Å². The van der Waals surface area contributed by atoms with Crippen LogP contribution in [0.2, 0.25) is 18.1 Å². The molecule has 202 valence electrons. The van der Waals surface area contributed by atoms with Gasteiger partial charge in [0.25, 0.3) is 0 Å². The first kappa shape index (κ1) is 29.1. The van der Waals surface area contributed by atoms with Gasteiger partial charge in [0.05, 0.1) is 11.2 Å². The molecule has 1 aromatic rings. The molecule has 0 saturated carbocycles. The number of amides is 1. The molecular formula is C27H47BN2O5Si. The number of carbonyl (C=O) groups is 1. The summed E-state index contributed by atoms with van der Waals surface area (Å²) in [6.45, 7) is 28.4. The van der Waals surface area contributed by atoms with Gasteiger partial charge < -0.3 is 18.5 Å². The van der Waals surface area contributed by atoms with Crippen LogP contribution in [-0.4, -0.2) is 56.5 Å². The van der Waals surface area contributed by atoms with E-state index in [2.05, 4.69) is 46.9 Å². The fourth-order valence-electron chi connectivity index (χ4n) is 4.18. The van der Waals surface area contributed by atoms with Crippen LogP contribution in [-0.2, 0) is 23.9 Å². The summed E-state index contributed by atoms with van der Waals surface area (Å²) >= 11 is 0. The smallest absolute Gasteiger partial charge is 0.443 e. The number of anilines is 1. The van der Waals surface area contributed by atoms with Crippen LogP contribution in [0.1, 0.15) is 88.1 Å². The van der Waals surface area contributed by atoms with Crippen LogP contribution in [0.3, 0.4) is 0 Å². The lowest BCUT2D eigenvalue weighted by Gasteiger charge is -2.37. The highest BCUT2D eigenvalue weighted by Crippen LogP contribution is 2.44. The van der Waals surface area contributed by atoms with Gasteiger partial charge in [-0.3, -0.25) is 4.90 Å². The van der Waals surface area contributed by atoms with Gasteiger partial charge in [-0.2, -0.15) is 0 Å². The molecule has 2 aliphatic rings. The second kappa shape index (κ2) is 9.10. The van der Waals surface area contributed by atoms with E-state index in [0.29, 0.717) is 19.0 Å². The topological polar surface area (TPSA) is 70.1 Å². The van der Waals surface area contributed by atoms with Gasteiger partial charge in [-0.25, -0.2) is 9.78 Å². The number of hydrogen-bond donors (Lipinski definition) is 0. The highest BCUT2D eigenvalue weighted by molar-refractivity contribution is 6.74. The standard InChI is InChI=1S/C27H47BN2O5Si/c1-23(2,3)33-22(31)30-18-27(11,14-15-32-36(12,13)24(4,5)6)20-16-19(17-29-21(20)30)28-34-25(7,8)26(9,10)35-28/h16-17H,14-15,18H2,1-13H3. The molecule has 0 N–H and O–H groups in total. The first-order valence-corrected chi connectivity index (χ1v) is 16.0. The lowest BCUT2D eigenvalue weighted by atomic mass is 9.75. The van der Waals surface area contributed by atoms with Crippen molar-refractivity contribution in [3.05, 3.63) is 17.8 Å². The molecule has 36 heavy (non-hydrogen) atoms. The maximum absolute atomic E-state index is 13.2. The van der Waals surface area contributed by atoms with Gasteiger partial charge in [-0.15, -0.1) is 0 Å². The Morgan fingerprint density at radius 1 is 1.08 bits per heavy atom. The van der Waals surface area contributed by atoms with E-state index in [4.69, 9.17) is 23.5 Å².